The Morgan fingerprint density at radius 1 is 1.62 bits per heavy atom. The fourth-order valence-electron chi connectivity index (χ4n) is 0.773. The summed E-state index contributed by atoms with van der Waals surface area (Å²) in [5.41, 5.74) is 5.41. The van der Waals surface area contributed by atoms with Crippen LogP contribution in [0, 0.1) is 0 Å². The molecule has 13 heavy (non-hydrogen) atoms. The first-order valence-corrected chi connectivity index (χ1v) is 4.40. The zero-order valence-corrected chi connectivity index (χ0v) is 8.06. The molecule has 0 heterocycles. The quantitative estimate of drug-likeness (QED) is 0.476. The van der Waals surface area contributed by atoms with Crippen LogP contribution in [0.2, 0.25) is 0 Å². The van der Waals surface area contributed by atoms with Crippen molar-refractivity contribution in [1.82, 2.24) is 0 Å². The van der Waals surface area contributed by atoms with Gasteiger partial charge in [0.15, 0.2) is 0 Å². The maximum absolute atomic E-state index is 11.0. The number of allylic oxidation sites excluding steroid dienone is 1. The smallest absolute Gasteiger partial charge is 0.325 e. The molecular weight excluding hydrogens is 170 g/mol. The number of carbonyl (C=O) groups is 1. The molecule has 0 saturated carbocycles. The van der Waals surface area contributed by atoms with Crippen molar-refractivity contribution in [1.29, 1.82) is 0 Å². The number of aliphatic hydroxyl groups excluding tert-OH is 1. The van der Waals surface area contributed by atoms with Gasteiger partial charge in [0.1, 0.15) is 6.04 Å². The Bertz CT molecular complexity index is 180. The summed E-state index contributed by atoms with van der Waals surface area (Å²) in [6.07, 6.45) is 3.09. The average Bonchev–Trinajstić information content (AvgIpc) is 2.13. The Kier molecular flexibility index (Phi) is 6.18. The Hall–Kier alpha value is -0.870. The molecule has 0 aromatic carbocycles. The molecule has 0 aliphatic rings. The summed E-state index contributed by atoms with van der Waals surface area (Å²) in [5.74, 6) is -0.573. The second-order valence-electron chi connectivity index (χ2n) is 2.60. The van der Waals surface area contributed by atoms with Crippen LogP contribution in [0.15, 0.2) is 12.2 Å². The van der Waals surface area contributed by atoms with E-state index in [0.29, 0.717) is 0 Å². The number of carbonyl (C=O) groups excluding carboxylic acids is 1. The van der Waals surface area contributed by atoms with Gasteiger partial charge in [0.05, 0.1) is 12.7 Å². The first kappa shape index (κ1) is 12.1. The molecule has 0 fully saturated rings. The molecule has 3 N–H and O–H groups in total. The molecule has 0 saturated heterocycles. The van der Waals surface area contributed by atoms with Crippen LogP contribution in [0.3, 0.4) is 0 Å². The van der Waals surface area contributed by atoms with Crippen LogP contribution in [0.1, 0.15) is 20.3 Å². The third-order valence-electron chi connectivity index (χ3n) is 1.50. The van der Waals surface area contributed by atoms with Crippen molar-refractivity contribution in [2.24, 2.45) is 5.73 Å². The predicted molar refractivity (Wildman–Crippen MR) is 50.0 cm³/mol. The number of aliphatic hydroxyl groups is 1. The van der Waals surface area contributed by atoms with Gasteiger partial charge in [-0.15, -0.1) is 0 Å². The summed E-state index contributed by atoms with van der Waals surface area (Å²) >= 11 is 0. The lowest BCUT2D eigenvalue weighted by molar-refractivity contribution is -0.146. The van der Waals surface area contributed by atoms with Gasteiger partial charge in [0, 0.05) is 0 Å². The highest BCUT2D eigenvalue weighted by Gasteiger charge is 2.21. The molecule has 0 aliphatic heterocycles. The molecule has 4 heteroatoms. The SMILES string of the molecule is CC/C=C/[C@@H](O)[C@@H](N)C(=O)OCC. The van der Waals surface area contributed by atoms with E-state index in [-0.39, 0.29) is 6.61 Å². The monoisotopic (exact) mass is 187 g/mol. The van der Waals surface area contributed by atoms with Crippen molar-refractivity contribution in [2.75, 3.05) is 6.61 Å². The summed E-state index contributed by atoms with van der Waals surface area (Å²) in [6.45, 7) is 3.90. The van der Waals surface area contributed by atoms with Crippen molar-refractivity contribution in [3.63, 3.8) is 0 Å². The van der Waals surface area contributed by atoms with Crippen LogP contribution in [0.25, 0.3) is 0 Å². The topological polar surface area (TPSA) is 72.5 Å². The van der Waals surface area contributed by atoms with Gasteiger partial charge in [0.25, 0.3) is 0 Å². The van der Waals surface area contributed by atoms with Crippen molar-refractivity contribution < 1.29 is 14.6 Å². The molecular formula is C9H17NO3. The van der Waals surface area contributed by atoms with Crippen molar-refractivity contribution in [3.05, 3.63) is 12.2 Å². The largest absolute Gasteiger partial charge is 0.465 e. The third-order valence-corrected chi connectivity index (χ3v) is 1.50. The van der Waals surface area contributed by atoms with Gasteiger partial charge in [-0.05, 0) is 13.3 Å². The van der Waals surface area contributed by atoms with E-state index in [1.54, 1.807) is 13.0 Å². The van der Waals surface area contributed by atoms with Crippen LogP contribution in [0.5, 0.6) is 0 Å². The number of hydrogen-bond acceptors (Lipinski definition) is 4. The molecule has 0 aliphatic carbocycles. The number of esters is 1. The minimum atomic E-state index is -0.984. The fourth-order valence-corrected chi connectivity index (χ4v) is 0.773. The van der Waals surface area contributed by atoms with E-state index in [1.165, 1.54) is 6.08 Å². The Morgan fingerprint density at radius 2 is 2.23 bits per heavy atom. The Morgan fingerprint density at radius 3 is 2.69 bits per heavy atom. The van der Waals surface area contributed by atoms with Crippen LogP contribution in [-0.4, -0.2) is 29.8 Å². The van der Waals surface area contributed by atoms with Gasteiger partial charge in [-0.3, -0.25) is 4.79 Å². The van der Waals surface area contributed by atoms with E-state index in [1.807, 2.05) is 6.92 Å². The zero-order valence-electron chi connectivity index (χ0n) is 8.06. The van der Waals surface area contributed by atoms with Crippen LogP contribution >= 0.6 is 0 Å². The number of hydrogen-bond donors (Lipinski definition) is 2. The second kappa shape index (κ2) is 6.62. The van der Waals surface area contributed by atoms with Crippen molar-refractivity contribution in [3.8, 4) is 0 Å². The van der Waals surface area contributed by atoms with Crippen molar-refractivity contribution >= 4 is 5.97 Å². The maximum atomic E-state index is 11.0. The van der Waals surface area contributed by atoms with Gasteiger partial charge in [-0.1, -0.05) is 19.1 Å². The zero-order chi connectivity index (χ0) is 10.3. The third kappa shape index (κ3) is 4.65. The summed E-state index contributed by atoms with van der Waals surface area (Å²) in [5, 5.41) is 9.33. The van der Waals surface area contributed by atoms with E-state index < -0.39 is 18.1 Å². The highest BCUT2D eigenvalue weighted by molar-refractivity contribution is 5.76. The minimum Gasteiger partial charge on any atom is -0.465 e. The molecule has 0 rings (SSSR count). The molecule has 76 valence electrons. The van der Waals surface area contributed by atoms with Crippen LogP contribution in [0.4, 0.5) is 0 Å². The second-order valence-corrected chi connectivity index (χ2v) is 2.60. The molecule has 0 bridgehead atoms. The van der Waals surface area contributed by atoms with E-state index in [9.17, 15) is 9.90 Å². The minimum absolute atomic E-state index is 0.275. The van der Waals surface area contributed by atoms with Crippen LogP contribution < -0.4 is 5.73 Å². The molecule has 0 spiro atoms. The molecule has 0 aromatic heterocycles. The summed E-state index contributed by atoms with van der Waals surface area (Å²) in [7, 11) is 0. The fraction of sp³-hybridized carbons (Fsp3) is 0.667. The summed E-state index contributed by atoms with van der Waals surface area (Å²) in [4.78, 5) is 11.0. The van der Waals surface area contributed by atoms with Gasteiger partial charge >= 0.3 is 5.97 Å². The highest BCUT2D eigenvalue weighted by Crippen LogP contribution is 1.96. The molecule has 0 unspecified atom stereocenters. The lowest BCUT2D eigenvalue weighted by Crippen LogP contribution is -2.42. The first-order chi connectivity index (χ1) is 6.13. The number of rotatable bonds is 5. The normalized spacial score (nSPS) is 15.7. The van der Waals surface area contributed by atoms with E-state index in [4.69, 9.17) is 5.73 Å². The lowest BCUT2D eigenvalue weighted by atomic mass is 10.1. The Labute approximate surface area is 78.4 Å². The number of ether oxygens (including phenoxy) is 1. The summed E-state index contributed by atoms with van der Waals surface area (Å²) < 4.78 is 4.65. The van der Waals surface area contributed by atoms with Crippen molar-refractivity contribution in [2.45, 2.75) is 32.4 Å². The van der Waals surface area contributed by atoms with Gasteiger partial charge in [-0.2, -0.15) is 0 Å². The van der Waals surface area contributed by atoms with E-state index in [2.05, 4.69) is 4.74 Å². The van der Waals surface area contributed by atoms with Gasteiger partial charge < -0.3 is 15.6 Å². The van der Waals surface area contributed by atoms with Crippen LogP contribution in [-0.2, 0) is 9.53 Å². The van der Waals surface area contributed by atoms with Gasteiger partial charge in [-0.25, -0.2) is 0 Å². The maximum Gasteiger partial charge on any atom is 0.325 e. The van der Waals surface area contributed by atoms with E-state index in [0.717, 1.165) is 6.42 Å². The van der Waals surface area contributed by atoms with E-state index >= 15 is 0 Å². The Balaban J connectivity index is 4.00. The average molecular weight is 187 g/mol. The lowest BCUT2D eigenvalue weighted by Gasteiger charge is -2.13. The number of nitrogens with two attached hydrogens (primary N) is 1. The first-order valence-electron chi connectivity index (χ1n) is 4.40. The highest BCUT2D eigenvalue weighted by atomic mass is 16.5. The standard InChI is InChI=1S/C9H17NO3/c1-3-5-6-7(11)8(10)9(12)13-4-2/h5-8,11H,3-4,10H2,1-2H3/b6-5+/t7-,8-/m1/s1. The molecule has 0 aromatic rings. The summed E-state index contributed by atoms with van der Waals surface area (Å²) in [6, 6.07) is -0.984. The molecule has 0 radical (unpaired) electrons. The van der Waals surface area contributed by atoms with Gasteiger partial charge in [0.2, 0.25) is 0 Å². The molecule has 2 atom stereocenters. The molecule has 0 amide bonds. The molecule has 4 nitrogen and oxygen atoms in total. The predicted octanol–water partition coefficient (Wildman–Crippen LogP) is 0.204.